The number of carbonyl (C=O) groups excluding carboxylic acids is 1. The van der Waals surface area contributed by atoms with Crippen molar-refractivity contribution in [2.45, 2.75) is 38.0 Å². The zero-order valence-corrected chi connectivity index (χ0v) is 11.8. The van der Waals surface area contributed by atoms with Gasteiger partial charge in [-0.3, -0.25) is 4.79 Å². The standard InChI is InChI=1S/C18H18F2O/c19-18(20)9-7-15(8-10-18)17(21)12-13-5-6-14-3-1-2-4-16(14)11-13/h1-6,11,15H,7-10,12H2. The average molecular weight is 288 g/mol. The van der Waals surface area contributed by atoms with Crippen LogP contribution >= 0.6 is 0 Å². The van der Waals surface area contributed by atoms with Gasteiger partial charge < -0.3 is 0 Å². The van der Waals surface area contributed by atoms with Crippen molar-refractivity contribution < 1.29 is 13.6 Å². The second kappa shape index (κ2) is 5.55. The second-order valence-corrected chi connectivity index (χ2v) is 5.95. The third-order valence-corrected chi connectivity index (χ3v) is 4.36. The topological polar surface area (TPSA) is 17.1 Å². The number of fused-ring (bicyclic) bond motifs is 1. The molecule has 0 amide bonds. The second-order valence-electron chi connectivity index (χ2n) is 5.95. The molecule has 21 heavy (non-hydrogen) atoms. The Morgan fingerprint density at radius 3 is 2.43 bits per heavy atom. The Kier molecular flexibility index (Phi) is 3.75. The highest BCUT2D eigenvalue weighted by atomic mass is 19.3. The maximum atomic E-state index is 13.1. The minimum atomic E-state index is -2.57. The molecule has 0 saturated heterocycles. The van der Waals surface area contributed by atoms with Crippen LogP contribution in [0.15, 0.2) is 42.5 Å². The molecule has 1 aliphatic rings. The van der Waals surface area contributed by atoms with E-state index in [1.165, 1.54) is 0 Å². The van der Waals surface area contributed by atoms with Gasteiger partial charge in [-0.2, -0.15) is 0 Å². The van der Waals surface area contributed by atoms with Crippen LogP contribution in [0.1, 0.15) is 31.2 Å². The first-order chi connectivity index (χ1) is 10.0. The van der Waals surface area contributed by atoms with E-state index in [1.54, 1.807) is 0 Å². The summed E-state index contributed by atoms with van der Waals surface area (Å²) in [5.41, 5.74) is 0.969. The van der Waals surface area contributed by atoms with Crippen molar-refractivity contribution in [1.29, 1.82) is 0 Å². The van der Waals surface area contributed by atoms with Crippen LogP contribution < -0.4 is 0 Å². The molecule has 0 unspecified atom stereocenters. The highest BCUT2D eigenvalue weighted by molar-refractivity contribution is 5.87. The summed E-state index contributed by atoms with van der Waals surface area (Å²) in [6, 6.07) is 14.0. The molecule has 0 N–H and O–H groups in total. The molecular formula is C18H18F2O. The Hall–Kier alpha value is -1.77. The Bertz CT molecular complexity index is 653. The lowest BCUT2D eigenvalue weighted by molar-refractivity contribution is -0.126. The monoisotopic (exact) mass is 288 g/mol. The lowest BCUT2D eigenvalue weighted by Gasteiger charge is -2.27. The van der Waals surface area contributed by atoms with E-state index >= 15 is 0 Å². The van der Waals surface area contributed by atoms with Crippen molar-refractivity contribution in [2.24, 2.45) is 5.92 Å². The average Bonchev–Trinajstić information content (AvgIpc) is 2.47. The molecule has 0 atom stereocenters. The fourth-order valence-corrected chi connectivity index (χ4v) is 3.06. The van der Waals surface area contributed by atoms with Gasteiger partial charge in [0.1, 0.15) is 5.78 Å². The number of benzene rings is 2. The van der Waals surface area contributed by atoms with Gasteiger partial charge in [0.25, 0.3) is 0 Å². The van der Waals surface area contributed by atoms with Crippen molar-refractivity contribution >= 4 is 16.6 Å². The minimum absolute atomic E-state index is 0.0979. The van der Waals surface area contributed by atoms with Crippen LogP contribution in [-0.4, -0.2) is 11.7 Å². The number of hydrogen-bond donors (Lipinski definition) is 0. The first-order valence-corrected chi connectivity index (χ1v) is 7.42. The summed E-state index contributed by atoms with van der Waals surface area (Å²) < 4.78 is 26.3. The van der Waals surface area contributed by atoms with Gasteiger partial charge in [0.15, 0.2) is 0 Å². The van der Waals surface area contributed by atoms with E-state index in [1.807, 2.05) is 42.5 Å². The summed E-state index contributed by atoms with van der Waals surface area (Å²) in [5.74, 6) is -2.67. The Labute approximate surface area is 123 Å². The largest absolute Gasteiger partial charge is 0.299 e. The van der Waals surface area contributed by atoms with Crippen molar-refractivity contribution in [2.75, 3.05) is 0 Å². The summed E-state index contributed by atoms with van der Waals surface area (Å²) in [5, 5.41) is 2.25. The highest BCUT2D eigenvalue weighted by Gasteiger charge is 2.37. The van der Waals surface area contributed by atoms with Crippen LogP contribution in [0.3, 0.4) is 0 Å². The SMILES string of the molecule is O=C(Cc1ccc2ccccc2c1)C1CCC(F)(F)CC1. The van der Waals surface area contributed by atoms with E-state index < -0.39 is 5.92 Å². The number of halogens is 2. The molecule has 1 aliphatic carbocycles. The fraction of sp³-hybridized carbons (Fsp3) is 0.389. The smallest absolute Gasteiger partial charge is 0.248 e. The first kappa shape index (κ1) is 14.2. The number of hydrogen-bond acceptors (Lipinski definition) is 1. The van der Waals surface area contributed by atoms with Crippen LogP contribution in [0, 0.1) is 5.92 Å². The molecule has 3 heteroatoms. The Balaban J connectivity index is 1.69. The zero-order valence-electron chi connectivity index (χ0n) is 11.8. The fourth-order valence-electron chi connectivity index (χ4n) is 3.06. The molecule has 0 aliphatic heterocycles. The van der Waals surface area contributed by atoms with E-state index in [-0.39, 0.29) is 24.5 Å². The Morgan fingerprint density at radius 2 is 1.71 bits per heavy atom. The Morgan fingerprint density at radius 1 is 1.05 bits per heavy atom. The molecule has 1 saturated carbocycles. The molecule has 1 fully saturated rings. The molecule has 0 radical (unpaired) electrons. The number of Topliss-reactive ketones (excluding diaryl/α,β-unsaturated/α-hetero) is 1. The molecule has 0 aromatic heterocycles. The molecule has 2 aromatic rings. The van der Waals surface area contributed by atoms with Crippen molar-refractivity contribution in [3.8, 4) is 0 Å². The van der Waals surface area contributed by atoms with E-state index in [0.717, 1.165) is 16.3 Å². The summed E-state index contributed by atoms with van der Waals surface area (Å²) >= 11 is 0. The summed E-state index contributed by atoms with van der Waals surface area (Å²) in [6.07, 6.45) is 0.683. The van der Waals surface area contributed by atoms with Gasteiger partial charge in [-0.25, -0.2) is 8.78 Å². The van der Waals surface area contributed by atoms with E-state index in [0.29, 0.717) is 19.3 Å². The molecule has 0 bridgehead atoms. The molecule has 0 heterocycles. The van der Waals surface area contributed by atoms with Gasteiger partial charge in [0, 0.05) is 25.2 Å². The maximum absolute atomic E-state index is 13.1. The summed E-state index contributed by atoms with van der Waals surface area (Å²) in [7, 11) is 0. The third kappa shape index (κ3) is 3.29. The van der Waals surface area contributed by atoms with Gasteiger partial charge in [-0.15, -0.1) is 0 Å². The van der Waals surface area contributed by atoms with Crippen molar-refractivity contribution in [3.63, 3.8) is 0 Å². The molecule has 110 valence electrons. The first-order valence-electron chi connectivity index (χ1n) is 7.42. The lowest BCUT2D eigenvalue weighted by atomic mass is 9.82. The van der Waals surface area contributed by atoms with Crippen molar-refractivity contribution in [3.05, 3.63) is 48.0 Å². The van der Waals surface area contributed by atoms with Crippen LogP contribution in [0.5, 0.6) is 0 Å². The number of alkyl halides is 2. The molecule has 2 aromatic carbocycles. The van der Waals surface area contributed by atoms with Crippen LogP contribution in [0.4, 0.5) is 8.78 Å². The minimum Gasteiger partial charge on any atom is -0.299 e. The van der Waals surface area contributed by atoms with E-state index in [9.17, 15) is 13.6 Å². The summed E-state index contributed by atoms with van der Waals surface area (Å²) in [4.78, 5) is 12.3. The quantitative estimate of drug-likeness (QED) is 0.794. The molecule has 1 nitrogen and oxygen atoms in total. The summed E-state index contributed by atoms with van der Waals surface area (Å²) in [6.45, 7) is 0. The van der Waals surface area contributed by atoms with Crippen LogP contribution in [0.2, 0.25) is 0 Å². The predicted molar refractivity (Wildman–Crippen MR) is 79.6 cm³/mol. The van der Waals surface area contributed by atoms with Crippen molar-refractivity contribution in [1.82, 2.24) is 0 Å². The highest BCUT2D eigenvalue weighted by Crippen LogP contribution is 2.36. The number of rotatable bonds is 3. The third-order valence-electron chi connectivity index (χ3n) is 4.36. The maximum Gasteiger partial charge on any atom is 0.248 e. The molecule has 0 spiro atoms. The lowest BCUT2D eigenvalue weighted by Crippen LogP contribution is -2.29. The molecule has 3 rings (SSSR count). The normalized spacial score (nSPS) is 18.8. The van der Waals surface area contributed by atoms with Gasteiger partial charge >= 0.3 is 0 Å². The number of ketones is 1. The molecular weight excluding hydrogens is 270 g/mol. The zero-order chi connectivity index (χ0) is 14.9. The van der Waals surface area contributed by atoms with Gasteiger partial charge in [-0.1, -0.05) is 42.5 Å². The predicted octanol–water partition coefficient (Wildman–Crippen LogP) is 4.78. The van der Waals surface area contributed by atoms with Crippen LogP contribution in [-0.2, 0) is 11.2 Å². The van der Waals surface area contributed by atoms with Gasteiger partial charge in [0.05, 0.1) is 0 Å². The number of carbonyl (C=O) groups is 1. The van der Waals surface area contributed by atoms with E-state index in [2.05, 4.69) is 0 Å². The van der Waals surface area contributed by atoms with E-state index in [4.69, 9.17) is 0 Å². The van der Waals surface area contributed by atoms with Gasteiger partial charge in [0.2, 0.25) is 5.92 Å². The van der Waals surface area contributed by atoms with Gasteiger partial charge in [-0.05, 0) is 29.2 Å². The van der Waals surface area contributed by atoms with Crippen LogP contribution in [0.25, 0.3) is 10.8 Å².